The van der Waals surface area contributed by atoms with Crippen LogP contribution in [0.3, 0.4) is 0 Å². The highest BCUT2D eigenvalue weighted by molar-refractivity contribution is 6.44. The second kappa shape index (κ2) is 5.99. The largest absolute Gasteiger partial charge is 0.508 e. The van der Waals surface area contributed by atoms with E-state index in [1.807, 2.05) is 0 Å². The maximum atomic E-state index is 12.1. The Kier molecular flexibility index (Phi) is 4.30. The van der Waals surface area contributed by atoms with Gasteiger partial charge in [0.1, 0.15) is 11.3 Å². The normalized spacial score (nSPS) is 10.2. The summed E-state index contributed by atoms with van der Waals surface area (Å²) in [5.74, 6) is -1.04. The van der Waals surface area contributed by atoms with Crippen LogP contribution in [0, 0.1) is 10.1 Å². The van der Waals surface area contributed by atoms with E-state index < -0.39 is 16.5 Å². The van der Waals surface area contributed by atoms with E-state index in [1.165, 1.54) is 12.1 Å². The maximum absolute atomic E-state index is 12.1. The summed E-state index contributed by atoms with van der Waals surface area (Å²) in [5, 5.41) is 23.1. The first kappa shape index (κ1) is 15.1. The van der Waals surface area contributed by atoms with Gasteiger partial charge >= 0.3 is 0 Å². The molecule has 2 aromatic carbocycles. The number of aromatic hydroxyl groups is 1. The highest BCUT2D eigenvalue weighted by Crippen LogP contribution is 2.31. The van der Waals surface area contributed by atoms with Crippen LogP contribution in [0.2, 0.25) is 10.0 Å². The van der Waals surface area contributed by atoms with Crippen molar-refractivity contribution in [2.75, 3.05) is 5.32 Å². The Balaban J connectivity index is 2.39. The highest BCUT2D eigenvalue weighted by Gasteiger charge is 2.21. The molecule has 0 radical (unpaired) electrons. The molecule has 0 aromatic heterocycles. The Labute approximate surface area is 129 Å². The Morgan fingerprint density at radius 1 is 1.24 bits per heavy atom. The highest BCUT2D eigenvalue weighted by atomic mass is 35.5. The number of amides is 1. The number of phenolic OH excluding ortho intramolecular Hbond substituents is 1. The summed E-state index contributed by atoms with van der Waals surface area (Å²) in [4.78, 5) is 22.3. The van der Waals surface area contributed by atoms with Crippen molar-refractivity contribution in [3.63, 3.8) is 0 Å². The number of nitrogens with zero attached hydrogens (tertiary/aromatic N) is 1. The molecule has 2 rings (SSSR count). The Morgan fingerprint density at radius 3 is 2.62 bits per heavy atom. The molecule has 8 heteroatoms. The first-order valence-electron chi connectivity index (χ1n) is 5.63. The van der Waals surface area contributed by atoms with Crippen LogP contribution >= 0.6 is 23.2 Å². The molecule has 0 heterocycles. The number of nitrogens with one attached hydrogen (secondary N) is 1. The Bertz CT molecular complexity index is 734. The number of carbonyl (C=O) groups excluding carboxylic acids is 1. The van der Waals surface area contributed by atoms with Crippen molar-refractivity contribution in [2.45, 2.75) is 0 Å². The van der Waals surface area contributed by atoms with Gasteiger partial charge in [0.05, 0.1) is 20.7 Å². The fourth-order valence-electron chi connectivity index (χ4n) is 1.66. The van der Waals surface area contributed by atoms with E-state index >= 15 is 0 Å². The third-order valence-corrected chi connectivity index (χ3v) is 3.44. The predicted octanol–water partition coefficient (Wildman–Crippen LogP) is 3.86. The molecule has 0 saturated carbocycles. The second-order valence-corrected chi connectivity index (χ2v) is 4.80. The molecule has 0 fully saturated rings. The van der Waals surface area contributed by atoms with Gasteiger partial charge in [-0.25, -0.2) is 0 Å². The lowest BCUT2D eigenvalue weighted by Gasteiger charge is -2.08. The van der Waals surface area contributed by atoms with Gasteiger partial charge in [0.25, 0.3) is 11.6 Å². The lowest BCUT2D eigenvalue weighted by atomic mass is 10.1. The number of carbonyl (C=O) groups is 1. The average molecular weight is 327 g/mol. The van der Waals surface area contributed by atoms with Crippen LogP contribution in [0.25, 0.3) is 0 Å². The second-order valence-electron chi connectivity index (χ2n) is 4.01. The summed E-state index contributed by atoms with van der Waals surface area (Å²) in [6.45, 7) is 0. The molecule has 0 saturated heterocycles. The zero-order chi connectivity index (χ0) is 15.6. The summed E-state index contributed by atoms with van der Waals surface area (Å²) >= 11 is 11.7. The van der Waals surface area contributed by atoms with Crippen LogP contribution in [0.5, 0.6) is 5.75 Å². The fraction of sp³-hybridized carbons (Fsp3) is 0. The van der Waals surface area contributed by atoms with Crippen LogP contribution in [0.4, 0.5) is 11.4 Å². The van der Waals surface area contributed by atoms with Crippen LogP contribution < -0.4 is 5.32 Å². The molecular formula is C13H8Cl2N2O4. The Hall–Kier alpha value is -2.31. The van der Waals surface area contributed by atoms with E-state index in [-0.39, 0.29) is 27.0 Å². The molecule has 108 valence electrons. The van der Waals surface area contributed by atoms with Gasteiger partial charge in [0.15, 0.2) is 0 Å². The molecule has 0 atom stereocenters. The monoisotopic (exact) mass is 326 g/mol. The molecule has 1 amide bonds. The summed E-state index contributed by atoms with van der Waals surface area (Å²) < 4.78 is 0. The number of hydrogen-bond acceptors (Lipinski definition) is 4. The molecular weight excluding hydrogens is 319 g/mol. The molecule has 2 N–H and O–H groups in total. The zero-order valence-corrected chi connectivity index (χ0v) is 11.9. The van der Waals surface area contributed by atoms with Crippen molar-refractivity contribution in [3.8, 4) is 5.75 Å². The van der Waals surface area contributed by atoms with Gasteiger partial charge in [-0.05, 0) is 24.3 Å². The third-order valence-electron chi connectivity index (χ3n) is 2.62. The maximum Gasteiger partial charge on any atom is 0.282 e. The van der Waals surface area contributed by atoms with E-state index in [1.54, 1.807) is 6.07 Å². The SMILES string of the molecule is O=C(Nc1cccc(Cl)c1Cl)c1cc(O)ccc1[N+](=O)[O-]. The first-order chi connectivity index (χ1) is 9.90. The molecule has 2 aromatic rings. The van der Waals surface area contributed by atoms with Crippen LogP contribution in [0.1, 0.15) is 10.4 Å². The minimum absolute atomic E-state index is 0.121. The number of benzene rings is 2. The van der Waals surface area contributed by atoms with Crippen molar-refractivity contribution in [2.24, 2.45) is 0 Å². The van der Waals surface area contributed by atoms with Crippen molar-refractivity contribution in [3.05, 3.63) is 62.1 Å². The Morgan fingerprint density at radius 2 is 1.95 bits per heavy atom. The van der Waals surface area contributed by atoms with E-state index in [0.29, 0.717) is 0 Å². The summed E-state index contributed by atoms with van der Waals surface area (Å²) in [7, 11) is 0. The topological polar surface area (TPSA) is 92.5 Å². The molecule has 0 aliphatic carbocycles. The molecule has 0 spiro atoms. The quantitative estimate of drug-likeness (QED) is 0.661. The molecule has 0 aliphatic rings. The first-order valence-corrected chi connectivity index (χ1v) is 6.38. The molecule has 0 unspecified atom stereocenters. The predicted molar refractivity (Wildman–Crippen MR) is 79.2 cm³/mol. The van der Waals surface area contributed by atoms with Crippen LogP contribution in [-0.2, 0) is 0 Å². The fourth-order valence-corrected chi connectivity index (χ4v) is 2.00. The number of nitro benzene ring substituents is 1. The molecule has 21 heavy (non-hydrogen) atoms. The standard InChI is InChI=1S/C13H8Cl2N2O4/c14-9-2-1-3-10(12(9)15)16-13(19)8-6-7(18)4-5-11(8)17(20)21/h1-6,18H,(H,16,19). The van der Waals surface area contributed by atoms with Crippen LogP contribution in [0.15, 0.2) is 36.4 Å². The average Bonchev–Trinajstić information content (AvgIpc) is 2.43. The van der Waals surface area contributed by atoms with Gasteiger partial charge < -0.3 is 10.4 Å². The van der Waals surface area contributed by atoms with E-state index in [2.05, 4.69) is 5.32 Å². The number of phenols is 1. The third kappa shape index (κ3) is 3.24. The number of anilines is 1. The van der Waals surface area contributed by atoms with Gasteiger partial charge in [-0.15, -0.1) is 0 Å². The smallest absolute Gasteiger partial charge is 0.282 e. The minimum atomic E-state index is -0.776. The molecule has 0 aliphatic heterocycles. The van der Waals surface area contributed by atoms with Crippen molar-refractivity contribution < 1.29 is 14.8 Å². The van der Waals surface area contributed by atoms with Crippen molar-refractivity contribution in [1.82, 2.24) is 0 Å². The lowest BCUT2D eigenvalue weighted by molar-refractivity contribution is -0.385. The van der Waals surface area contributed by atoms with Gasteiger partial charge in [-0.3, -0.25) is 14.9 Å². The van der Waals surface area contributed by atoms with E-state index in [9.17, 15) is 20.0 Å². The summed E-state index contributed by atoms with van der Waals surface area (Å²) in [6, 6.07) is 7.79. The summed E-state index contributed by atoms with van der Waals surface area (Å²) in [6.07, 6.45) is 0. The summed E-state index contributed by atoms with van der Waals surface area (Å²) in [5.41, 5.74) is -0.494. The molecule has 6 nitrogen and oxygen atoms in total. The van der Waals surface area contributed by atoms with Gasteiger partial charge in [0, 0.05) is 6.07 Å². The molecule has 0 bridgehead atoms. The minimum Gasteiger partial charge on any atom is -0.508 e. The number of halogens is 2. The van der Waals surface area contributed by atoms with Crippen molar-refractivity contribution in [1.29, 1.82) is 0 Å². The van der Waals surface area contributed by atoms with Gasteiger partial charge in [-0.2, -0.15) is 0 Å². The number of hydrogen-bond donors (Lipinski definition) is 2. The van der Waals surface area contributed by atoms with Crippen LogP contribution in [-0.4, -0.2) is 15.9 Å². The van der Waals surface area contributed by atoms with Crippen molar-refractivity contribution >= 4 is 40.5 Å². The van der Waals surface area contributed by atoms with E-state index in [4.69, 9.17) is 23.2 Å². The number of nitro groups is 1. The lowest BCUT2D eigenvalue weighted by Crippen LogP contribution is -2.14. The van der Waals surface area contributed by atoms with Gasteiger partial charge in [-0.1, -0.05) is 29.3 Å². The number of rotatable bonds is 3. The zero-order valence-electron chi connectivity index (χ0n) is 10.3. The van der Waals surface area contributed by atoms with E-state index in [0.717, 1.165) is 18.2 Å². The van der Waals surface area contributed by atoms with Gasteiger partial charge in [0.2, 0.25) is 0 Å².